The van der Waals surface area contributed by atoms with Gasteiger partial charge in [0, 0.05) is 63.9 Å². The van der Waals surface area contributed by atoms with Crippen LogP contribution in [0.25, 0.3) is 0 Å². The molecular formula is C32H50FN7O3. The van der Waals surface area contributed by atoms with Crippen molar-refractivity contribution < 1.29 is 18.7 Å². The van der Waals surface area contributed by atoms with E-state index >= 15 is 0 Å². The molecule has 2 aromatic rings. The van der Waals surface area contributed by atoms with Gasteiger partial charge in [0.2, 0.25) is 0 Å². The largest absolute Gasteiger partial charge is 0.434 e. The lowest BCUT2D eigenvalue weighted by atomic mass is 9.76. The first-order valence-electron chi connectivity index (χ1n) is 15.7. The molecule has 1 spiro atoms. The van der Waals surface area contributed by atoms with Gasteiger partial charge < -0.3 is 24.2 Å². The highest BCUT2D eigenvalue weighted by molar-refractivity contribution is 5.97. The topological polar surface area (TPSA) is 87.2 Å². The Morgan fingerprint density at radius 3 is 2.60 bits per heavy atom. The van der Waals surface area contributed by atoms with E-state index in [2.05, 4.69) is 50.8 Å². The number of anilines is 1. The Hall–Kier alpha value is -2.89. The molecule has 0 saturated carbocycles. The molecule has 10 nitrogen and oxygen atoms in total. The van der Waals surface area contributed by atoms with Crippen molar-refractivity contribution in [2.45, 2.75) is 66.0 Å². The lowest BCUT2D eigenvalue weighted by Gasteiger charge is -2.53. The quantitative estimate of drug-likeness (QED) is 0.272. The molecule has 0 bridgehead atoms. The van der Waals surface area contributed by atoms with Gasteiger partial charge >= 0.3 is 0 Å². The van der Waals surface area contributed by atoms with Crippen molar-refractivity contribution in [3.05, 3.63) is 35.9 Å². The van der Waals surface area contributed by atoms with Crippen LogP contribution in [0, 0.1) is 17.2 Å². The van der Waals surface area contributed by atoms with Gasteiger partial charge in [-0.1, -0.05) is 13.8 Å². The van der Waals surface area contributed by atoms with E-state index in [1.807, 2.05) is 20.8 Å². The summed E-state index contributed by atoms with van der Waals surface area (Å²) in [6, 6.07) is 4.52. The number of amides is 1. The number of nitrogens with zero attached hydrogens (tertiary/aromatic N) is 7. The highest BCUT2D eigenvalue weighted by Crippen LogP contribution is 2.44. The molecule has 4 rings (SSSR count). The Kier molecular flexibility index (Phi) is 11.3. The van der Waals surface area contributed by atoms with Crippen LogP contribution in [0.3, 0.4) is 0 Å². The number of hydrogen-bond acceptors (Lipinski definition) is 9. The van der Waals surface area contributed by atoms with Crippen LogP contribution in [0.2, 0.25) is 0 Å². The number of likely N-dealkylation sites (N-methyl/N-ethyl adjacent to an activating group) is 1. The number of likely N-dealkylation sites (tertiary alicyclic amines) is 1. The third-order valence-corrected chi connectivity index (χ3v) is 8.95. The zero-order valence-electron chi connectivity index (χ0n) is 27.1. The van der Waals surface area contributed by atoms with Gasteiger partial charge in [0.05, 0.1) is 12.2 Å². The van der Waals surface area contributed by atoms with Crippen LogP contribution in [-0.4, -0.2) is 114 Å². The molecule has 0 radical (unpaired) electrons. The summed E-state index contributed by atoms with van der Waals surface area (Å²) >= 11 is 0. The smallest absolute Gasteiger partial charge is 0.282 e. The van der Waals surface area contributed by atoms with Crippen LogP contribution in [0.5, 0.6) is 11.6 Å². The van der Waals surface area contributed by atoms with Crippen molar-refractivity contribution in [3.8, 4) is 11.6 Å². The molecule has 2 aliphatic heterocycles. The second-order valence-corrected chi connectivity index (χ2v) is 12.8. The molecule has 2 aliphatic rings. The zero-order valence-corrected chi connectivity index (χ0v) is 27.1. The third kappa shape index (κ3) is 7.99. The van der Waals surface area contributed by atoms with Gasteiger partial charge in [-0.05, 0) is 77.7 Å². The molecule has 2 saturated heterocycles. The van der Waals surface area contributed by atoms with Gasteiger partial charge in [-0.3, -0.25) is 9.69 Å². The Morgan fingerprint density at radius 2 is 1.93 bits per heavy atom. The second kappa shape index (κ2) is 14.7. The highest BCUT2D eigenvalue weighted by atomic mass is 19.1. The van der Waals surface area contributed by atoms with Crippen LogP contribution in [0.4, 0.5) is 10.2 Å². The fourth-order valence-corrected chi connectivity index (χ4v) is 6.59. The van der Waals surface area contributed by atoms with E-state index in [4.69, 9.17) is 9.47 Å². The predicted molar refractivity (Wildman–Crippen MR) is 166 cm³/mol. The number of ether oxygens (including phenoxy) is 2. The molecule has 0 aliphatic carbocycles. The van der Waals surface area contributed by atoms with E-state index in [9.17, 15) is 9.18 Å². The van der Waals surface area contributed by atoms with E-state index in [0.29, 0.717) is 24.3 Å². The number of hydrogen-bond donors (Lipinski definition) is 0. The van der Waals surface area contributed by atoms with Gasteiger partial charge in [0.1, 0.15) is 17.9 Å². The Balaban J connectivity index is 1.42. The normalized spacial score (nSPS) is 17.2. The second-order valence-electron chi connectivity index (χ2n) is 12.8. The molecule has 1 aromatic carbocycles. The number of rotatable bonds is 15. The molecular weight excluding hydrogens is 554 g/mol. The number of methoxy groups -OCH3 is 1. The molecule has 238 valence electrons. The van der Waals surface area contributed by atoms with Crippen LogP contribution < -0.4 is 9.64 Å². The maximum atomic E-state index is 14.3. The zero-order chi connectivity index (χ0) is 31.1. The van der Waals surface area contributed by atoms with Crippen molar-refractivity contribution in [3.63, 3.8) is 0 Å². The molecule has 11 heteroatoms. The first-order chi connectivity index (χ1) is 20.6. The summed E-state index contributed by atoms with van der Waals surface area (Å²) in [5, 5.41) is 8.21. The summed E-state index contributed by atoms with van der Waals surface area (Å²) in [5.74, 6) is 0.871. The molecule has 2 fully saturated rings. The van der Waals surface area contributed by atoms with Gasteiger partial charge in [-0.25, -0.2) is 9.37 Å². The van der Waals surface area contributed by atoms with Crippen molar-refractivity contribution in [2.75, 3.05) is 71.5 Å². The van der Waals surface area contributed by atoms with Gasteiger partial charge in [-0.15, -0.1) is 10.2 Å². The minimum atomic E-state index is -0.498. The van der Waals surface area contributed by atoms with Crippen LogP contribution >= 0.6 is 0 Å². The van der Waals surface area contributed by atoms with Gasteiger partial charge in [0.15, 0.2) is 5.82 Å². The van der Waals surface area contributed by atoms with Crippen LogP contribution in [-0.2, 0) is 4.74 Å². The van der Waals surface area contributed by atoms with Gasteiger partial charge in [-0.2, -0.15) is 0 Å². The Bertz CT molecular complexity index is 1210. The monoisotopic (exact) mass is 604 g/mol. The van der Waals surface area contributed by atoms with Crippen LogP contribution in [0.1, 0.15) is 64.2 Å². The summed E-state index contributed by atoms with van der Waals surface area (Å²) < 4.78 is 25.7. The van der Waals surface area contributed by atoms with Crippen LogP contribution in [0.15, 0.2) is 24.5 Å². The number of carbonyl (C=O) groups is 1. The SMILES string of the molecule is COCCN(C)CCC[C@H](C(C)C)N1CC2(CCN(c3ncnnc3Oc3ccc(F)cc3C(=O)N([13CH2][13CH3])[13CH]([13CH3])[13CH3])C2)C1. The van der Waals surface area contributed by atoms with E-state index in [1.165, 1.54) is 37.4 Å². The van der Waals surface area contributed by atoms with Crippen molar-refractivity contribution in [1.29, 1.82) is 0 Å². The summed E-state index contributed by atoms with van der Waals surface area (Å²) in [4.78, 5) is 26.8. The molecule has 1 amide bonds. The lowest BCUT2D eigenvalue weighted by molar-refractivity contribution is -0.0345. The minimum Gasteiger partial charge on any atom is -0.434 e. The number of carbonyl (C=O) groups excluding carboxylic acids is 1. The number of halogens is 1. The summed E-state index contributed by atoms with van der Waals surface area (Å²) in [6.45, 7) is 17.6. The fourth-order valence-electron chi connectivity index (χ4n) is 6.59. The summed E-state index contributed by atoms with van der Waals surface area (Å²) in [6.07, 6.45) is 4.85. The Labute approximate surface area is 256 Å². The first-order valence-corrected chi connectivity index (χ1v) is 15.7. The standard InChI is InChI=1S/C32H50FN7O3/c1-8-40(24(4)5)31(41)26-18-25(33)11-12-28(26)43-30-29(34-22-35-36-30)38-15-13-32(19-38)20-39(21-32)27(23(2)3)10-9-14-37(6)16-17-42-7/h11-12,18,22-24,27H,8-10,13-17,19-21H2,1-7H3/t27-/m1/s1/i1+1,4+1,5+1,8+1,24+1. The van der Waals surface area contributed by atoms with Crippen molar-refractivity contribution in [2.24, 2.45) is 11.3 Å². The number of aromatic nitrogens is 3. The maximum Gasteiger partial charge on any atom is 0.282 e. The molecule has 43 heavy (non-hydrogen) atoms. The fraction of sp³-hybridized carbons (Fsp3) is 0.688. The van der Waals surface area contributed by atoms with E-state index in [1.54, 1.807) is 12.0 Å². The first kappa shape index (κ1) is 33.0. The molecule has 1 atom stereocenters. The van der Waals surface area contributed by atoms with Crippen molar-refractivity contribution >= 4 is 11.7 Å². The van der Waals surface area contributed by atoms with E-state index < -0.39 is 5.82 Å². The lowest BCUT2D eigenvalue weighted by Crippen LogP contribution is -2.62. The number of benzene rings is 1. The summed E-state index contributed by atoms with van der Waals surface area (Å²) in [7, 11) is 3.91. The third-order valence-electron chi connectivity index (χ3n) is 8.95. The maximum absolute atomic E-state index is 14.3. The molecule has 3 heterocycles. The minimum absolute atomic E-state index is 0.0391. The Morgan fingerprint density at radius 1 is 1.16 bits per heavy atom. The van der Waals surface area contributed by atoms with E-state index in [0.717, 1.165) is 52.3 Å². The highest BCUT2D eigenvalue weighted by Gasteiger charge is 2.50. The molecule has 0 N–H and O–H groups in total. The summed E-state index contributed by atoms with van der Waals surface area (Å²) in [5.41, 5.74) is 0.366. The molecule has 0 unspecified atom stereocenters. The molecule has 1 aromatic heterocycles. The average Bonchev–Trinajstić information content (AvgIpc) is 3.40. The van der Waals surface area contributed by atoms with Gasteiger partial charge in [0.25, 0.3) is 11.8 Å². The average molecular weight is 605 g/mol. The van der Waals surface area contributed by atoms with E-state index in [-0.39, 0.29) is 34.6 Å². The predicted octanol–water partition coefficient (Wildman–Crippen LogP) is 4.57. The van der Waals surface area contributed by atoms with Crippen molar-refractivity contribution in [1.82, 2.24) is 29.9 Å².